The lowest BCUT2D eigenvalue weighted by Gasteiger charge is -2.01. The summed E-state index contributed by atoms with van der Waals surface area (Å²) in [6.45, 7) is 0. The van der Waals surface area contributed by atoms with Crippen LogP contribution in [-0.4, -0.2) is 6.29 Å². The molecule has 0 fully saturated rings. The van der Waals surface area contributed by atoms with E-state index in [4.69, 9.17) is 11.6 Å². The number of hydrogen-bond acceptors (Lipinski definition) is 2. The van der Waals surface area contributed by atoms with Crippen LogP contribution >= 0.6 is 24.2 Å². The normalized spacial score (nSPS) is 12.5. The van der Waals surface area contributed by atoms with Gasteiger partial charge in [-0.15, -0.1) is 0 Å². The fourth-order valence-electron chi connectivity index (χ4n) is 0.769. The quantitative estimate of drug-likeness (QED) is 0.555. The summed E-state index contributed by atoms with van der Waals surface area (Å²) in [5.74, 6) is 0. The van der Waals surface area contributed by atoms with Crippen molar-refractivity contribution in [1.29, 1.82) is 0 Å². The van der Waals surface area contributed by atoms with Gasteiger partial charge in [0.2, 0.25) is 0 Å². The molecule has 1 aromatic rings. The van der Waals surface area contributed by atoms with Crippen LogP contribution in [0, 0.1) is 0 Å². The molecule has 0 aromatic heterocycles. The first-order chi connectivity index (χ1) is 5.24. The van der Waals surface area contributed by atoms with Crippen molar-refractivity contribution in [2.24, 2.45) is 0 Å². The van der Waals surface area contributed by atoms with E-state index in [0.717, 1.165) is 11.8 Å². The average molecular weight is 187 g/mol. The molecule has 1 atom stereocenters. The molecule has 0 aliphatic rings. The minimum Gasteiger partial charge on any atom is -0.302 e. The van der Waals surface area contributed by atoms with E-state index in [2.05, 4.69) is 12.6 Å². The van der Waals surface area contributed by atoms with Gasteiger partial charge in [0.1, 0.15) is 6.29 Å². The van der Waals surface area contributed by atoms with Crippen molar-refractivity contribution in [3.8, 4) is 0 Å². The lowest BCUT2D eigenvalue weighted by atomic mass is 10.2. The molecule has 0 saturated carbocycles. The fourth-order valence-corrected chi connectivity index (χ4v) is 1.13. The minimum absolute atomic E-state index is 0.367. The summed E-state index contributed by atoms with van der Waals surface area (Å²) in [6.07, 6.45) is 0.773. The summed E-state index contributed by atoms with van der Waals surface area (Å²) in [5.41, 5.74) is 0.829. The zero-order chi connectivity index (χ0) is 8.27. The Morgan fingerprint density at radius 1 is 1.55 bits per heavy atom. The molecule has 0 N–H and O–H groups in total. The average Bonchev–Trinajstić information content (AvgIpc) is 2.03. The molecular formula is C8H7ClOS. The number of halogens is 1. The highest BCUT2D eigenvalue weighted by Gasteiger charge is 2.03. The van der Waals surface area contributed by atoms with E-state index in [1.54, 1.807) is 18.2 Å². The van der Waals surface area contributed by atoms with E-state index in [-0.39, 0.29) is 5.25 Å². The van der Waals surface area contributed by atoms with Crippen LogP contribution in [0.25, 0.3) is 0 Å². The molecule has 0 bridgehead atoms. The molecule has 0 spiro atoms. The van der Waals surface area contributed by atoms with Gasteiger partial charge < -0.3 is 4.79 Å². The van der Waals surface area contributed by atoms with Crippen molar-refractivity contribution >= 4 is 30.5 Å². The third kappa shape index (κ3) is 2.24. The SMILES string of the molecule is O=CC(S)c1cccc(Cl)c1. The topological polar surface area (TPSA) is 17.1 Å². The van der Waals surface area contributed by atoms with E-state index < -0.39 is 0 Å². The smallest absolute Gasteiger partial charge is 0.137 e. The van der Waals surface area contributed by atoms with Gasteiger partial charge in [0.15, 0.2) is 0 Å². The van der Waals surface area contributed by atoms with Crippen LogP contribution in [0.5, 0.6) is 0 Å². The Kier molecular flexibility index (Phi) is 2.97. The predicted octanol–water partition coefficient (Wildman–Crippen LogP) is 2.51. The highest BCUT2D eigenvalue weighted by molar-refractivity contribution is 7.81. The van der Waals surface area contributed by atoms with E-state index in [1.165, 1.54) is 0 Å². The molecule has 3 heteroatoms. The van der Waals surface area contributed by atoms with Crippen LogP contribution in [0.15, 0.2) is 24.3 Å². The standard InChI is InChI=1S/C8H7ClOS/c9-7-3-1-2-6(4-7)8(11)5-10/h1-5,8,11H. The minimum atomic E-state index is -0.367. The number of thiol groups is 1. The lowest BCUT2D eigenvalue weighted by molar-refractivity contribution is -0.107. The van der Waals surface area contributed by atoms with Gasteiger partial charge in [-0.2, -0.15) is 12.6 Å². The number of hydrogen-bond donors (Lipinski definition) is 1. The Morgan fingerprint density at radius 3 is 2.82 bits per heavy atom. The third-order valence-corrected chi connectivity index (χ3v) is 1.97. The van der Waals surface area contributed by atoms with Crippen molar-refractivity contribution < 1.29 is 4.79 Å². The molecule has 1 rings (SSSR count). The zero-order valence-electron chi connectivity index (χ0n) is 5.70. The fraction of sp³-hybridized carbons (Fsp3) is 0.125. The van der Waals surface area contributed by atoms with Crippen LogP contribution in [0.3, 0.4) is 0 Å². The van der Waals surface area contributed by atoms with Crippen molar-refractivity contribution in [2.45, 2.75) is 5.25 Å². The first-order valence-corrected chi connectivity index (χ1v) is 4.02. The van der Waals surface area contributed by atoms with Gasteiger partial charge in [-0.3, -0.25) is 0 Å². The van der Waals surface area contributed by atoms with Gasteiger partial charge in [0, 0.05) is 5.02 Å². The molecule has 1 unspecified atom stereocenters. The molecule has 1 aromatic carbocycles. The second-order valence-corrected chi connectivity index (χ2v) is 3.13. The van der Waals surface area contributed by atoms with Gasteiger partial charge >= 0.3 is 0 Å². The first kappa shape index (κ1) is 8.62. The van der Waals surface area contributed by atoms with Gasteiger partial charge in [-0.25, -0.2) is 0 Å². The Bertz CT molecular complexity index is 262. The Labute approximate surface area is 75.8 Å². The van der Waals surface area contributed by atoms with Crippen molar-refractivity contribution in [2.75, 3.05) is 0 Å². The van der Waals surface area contributed by atoms with Gasteiger partial charge in [0.25, 0.3) is 0 Å². The van der Waals surface area contributed by atoms with E-state index in [1.807, 2.05) is 6.07 Å². The molecule has 1 nitrogen and oxygen atoms in total. The van der Waals surface area contributed by atoms with Gasteiger partial charge in [0.05, 0.1) is 5.25 Å². The number of benzene rings is 1. The maximum Gasteiger partial charge on any atom is 0.137 e. The molecular weight excluding hydrogens is 180 g/mol. The predicted molar refractivity (Wildman–Crippen MR) is 49.2 cm³/mol. The molecule has 0 heterocycles. The third-order valence-electron chi connectivity index (χ3n) is 1.32. The van der Waals surface area contributed by atoms with Crippen molar-refractivity contribution in [3.05, 3.63) is 34.9 Å². The van der Waals surface area contributed by atoms with E-state index >= 15 is 0 Å². The maximum absolute atomic E-state index is 10.3. The Morgan fingerprint density at radius 2 is 2.27 bits per heavy atom. The zero-order valence-corrected chi connectivity index (χ0v) is 7.35. The van der Waals surface area contributed by atoms with Crippen LogP contribution < -0.4 is 0 Å². The van der Waals surface area contributed by atoms with E-state index in [9.17, 15) is 4.79 Å². The van der Waals surface area contributed by atoms with E-state index in [0.29, 0.717) is 5.02 Å². The van der Waals surface area contributed by atoms with Crippen LogP contribution in [0.1, 0.15) is 10.8 Å². The summed E-state index contributed by atoms with van der Waals surface area (Å²) in [5, 5.41) is 0.261. The highest BCUT2D eigenvalue weighted by atomic mass is 35.5. The highest BCUT2D eigenvalue weighted by Crippen LogP contribution is 2.20. The van der Waals surface area contributed by atoms with Gasteiger partial charge in [-0.05, 0) is 17.7 Å². The summed E-state index contributed by atoms with van der Waals surface area (Å²) in [7, 11) is 0. The Balaban J connectivity index is 2.95. The largest absolute Gasteiger partial charge is 0.302 e. The number of carbonyl (C=O) groups excluding carboxylic acids is 1. The van der Waals surface area contributed by atoms with Crippen LogP contribution in [0.2, 0.25) is 5.02 Å². The van der Waals surface area contributed by atoms with Crippen LogP contribution in [0.4, 0.5) is 0 Å². The molecule has 0 aliphatic carbocycles. The van der Waals surface area contributed by atoms with Gasteiger partial charge in [-0.1, -0.05) is 23.7 Å². The first-order valence-electron chi connectivity index (χ1n) is 3.13. The second kappa shape index (κ2) is 3.79. The molecule has 0 aliphatic heterocycles. The van der Waals surface area contributed by atoms with Crippen LogP contribution in [-0.2, 0) is 4.79 Å². The number of aldehydes is 1. The molecule has 0 amide bonds. The maximum atomic E-state index is 10.3. The summed E-state index contributed by atoms with van der Waals surface area (Å²) in [4.78, 5) is 10.3. The molecule has 58 valence electrons. The number of carbonyl (C=O) groups is 1. The number of rotatable bonds is 2. The van der Waals surface area contributed by atoms with Crippen molar-refractivity contribution in [3.63, 3.8) is 0 Å². The second-order valence-electron chi connectivity index (χ2n) is 2.14. The summed E-state index contributed by atoms with van der Waals surface area (Å²) < 4.78 is 0. The lowest BCUT2D eigenvalue weighted by Crippen LogP contribution is -1.89. The summed E-state index contributed by atoms with van der Waals surface area (Å²) in [6, 6.07) is 7.10. The van der Waals surface area contributed by atoms with Crippen molar-refractivity contribution in [1.82, 2.24) is 0 Å². The summed E-state index contributed by atoms with van der Waals surface area (Å²) >= 11 is 9.74. The molecule has 0 radical (unpaired) electrons. The molecule has 11 heavy (non-hydrogen) atoms. The monoisotopic (exact) mass is 186 g/mol. The molecule has 0 saturated heterocycles. The Hall–Kier alpha value is -0.470.